The Morgan fingerprint density at radius 1 is 1.29 bits per heavy atom. The zero-order valence-corrected chi connectivity index (χ0v) is 14.4. The van der Waals surface area contributed by atoms with Crippen LogP contribution in [0.3, 0.4) is 0 Å². The van der Waals surface area contributed by atoms with Crippen molar-refractivity contribution in [2.75, 3.05) is 26.2 Å². The van der Waals surface area contributed by atoms with E-state index in [2.05, 4.69) is 31.4 Å². The van der Waals surface area contributed by atoms with E-state index >= 15 is 0 Å². The zero-order valence-electron chi connectivity index (χ0n) is 13.6. The van der Waals surface area contributed by atoms with Crippen LogP contribution in [0.4, 0.5) is 0 Å². The van der Waals surface area contributed by atoms with E-state index in [0.717, 1.165) is 51.9 Å². The van der Waals surface area contributed by atoms with Crippen LogP contribution in [-0.4, -0.2) is 38.3 Å². The number of rotatable bonds is 3. The van der Waals surface area contributed by atoms with Crippen LogP contribution in [0, 0.1) is 17.3 Å². The number of hydrogen-bond acceptors (Lipinski definition) is 3. The fourth-order valence-electron chi connectivity index (χ4n) is 3.46. The lowest BCUT2D eigenvalue weighted by atomic mass is 9.78. The fourth-order valence-corrected chi connectivity index (χ4v) is 3.46. The van der Waals surface area contributed by atoms with E-state index in [-0.39, 0.29) is 35.8 Å². The van der Waals surface area contributed by atoms with Crippen molar-refractivity contribution in [3.05, 3.63) is 0 Å². The molecule has 2 fully saturated rings. The summed E-state index contributed by atoms with van der Waals surface area (Å²) >= 11 is 0. The number of ether oxygens (including phenoxy) is 1. The Morgan fingerprint density at radius 2 is 2.05 bits per heavy atom. The summed E-state index contributed by atoms with van der Waals surface area (Å²) < 4.78 is 5.97. The molecule has 2 N–H and O–H groups in total. The van der Waals surface area contributed by atoms with Gasteiger partial charge in [0.25, 0.3) is 0 Å². The fraction of sp³-hybridized carbons (Fsp3) is 0.938. The summed E-state index contributed by atoms with van der Waals surface area (Å²) in [6.45, 7) is 10.2. The maximum atomic E-state index is 12.2. The molecule has 0 spiro atoms. The molecular formula is C16H31ClN2O2. The van der Waals surface area contributed by atoms with Crippen LogP contribution in [0.2, 0.25) is 0 Å². The van der Waals surface area contributed by atoms with Gasteiger partial charge >= 0.3 is 0 Å². The van der Waals surface area contributed by atoms with E-state index in [4.69, 9.17) is 4.74 Å². The third kappa shape index (κ3) is 5.42. The highest BCUT2D eigenvalue weighted by atomic mass is 35.5. The van der Waals surface area contributed by atoms with Gasteiger partial charge in [-0.15, -0.1) is 12.4 Å². The number of piperidine rings is 1. The summed E-state index contributed by atoms with van der Waals surface area (Å²) in [5.74, 6) is 0.820. The summed E-state index contributed by atoms with van der Waals surface area (Å²) in [4.78, 5) is 12.2. The molecule has 3 unspecified atom stereocenters. The molecule has 0 radical (unpaired) electrons. The molecule has 0 saturated carbocycles. The van der Waals surface area contributed by atoms with Gasteiger partial charge in [-0.2, -0.15) is 0 Å². The molecule has 124 valence electrons. The maximum absolute atomic E-state index is 12.2. The van der Waals surface area contributed by atoms with Gasteiger partial charge in [-0.3, -0.25) is 4.79 Å². The Kier molecular flexibility index (Phi) is 7.45. The molecule has 2 saturated heterocycles. The number of carbonyl (C=O) groups excluding carboxylic acids is 1. The van der Waals surface area contributed by atoms with Crippen LogP contribution in [0.25, 0.3) is 0 Å². The first-order chi connectivity index (χ1) is 9.48. The minimum Gasteiger partial charge on any atom is -0.377 e. The zero-order chi connectivity index (χ0) is 14.6. The Balaban J connectivity index is 0.00000220. The molecule has 21 heavy (non-hydrogen) atoms. The topological polar surface area (TPSA) is 50.4 Å². The number of amides is 1. The average molecular weight is 319 g/mol. The monoisotopic (exact) mass is 318 g/mol. The Bertz CT molecular complexity index is 325. The van der Waals surface area contributed by atoms with Gasteiger partial charge in [0.1, 0.15) is 0 Å². The van der Waals surface area contributed by atoms with Crippen molar-refractivity contribution in [3.63, 3.8) is 0 Å². The highest BCUT2D eigenvalue weighted by Gasteiger charge is 2.35. The van der Waals surface area contributed by atoms with Crippen LogP contribution in [-0.2, 0) is 9.53 Å². The van der Waals surface area contributed by atoms with Crippen LogP contribution in [0.5, 0.6) is 0 Å². The number of nitrogens with one attached hydrogen (secondary N) is 2. The number of halogens is 1. The van der Waals surface area contributed by atoms with Crippen LogP contribution < -0.4 is 10.6 Å². The van der Waals surface area contributed by atoms with Gasteiger partial charge in [-0.25, -0.2) is 0 Å². The molecule has 0 bridgehead atoms. The minimum atomic E-state index is 0. The van der Waals surface area contributed by atoms with Crippen molar-refractivity contribution in [2.45, 2.75) is 52.6 Å². The molecule has 2 aliphatic heterocycles. The highest BCUT2D eigenvalue weighted by Crippen LogP contribution is 2.33. The van der Waals surface area contributed by atoms with Crippen LogP contribution in [0.15, 0.2) is 0 Å². The molecule has 4 nitrogen and oxygen atoms in total. The standard InChI is InChI=1S/C16H30N2O2.ClH/c1-16(2,3)14-12(7-5-9-20-14)11-18-15(19)13-6-4-8-17-10-13;/h12-14,17H,4-11H2,1-3H3,(H,18,19);1H. The Hall–Kier alpha value is -0.320. The van der Waals surface area contributed by atoms with Crippen molar-refractivity contribution in [1.29, 1.82) is 0 Å². The second-order valence-corrected chi connectivity index (χ2v) is 7.35. The smallest absolute Gasteiger partial charge is 0.224 e. The summed E-state index contributed by atoms with van der Waals surface area (Å²) in [5, 5.41) is 6.47. The molecule has 2 aliphatic rings. The van der Waals surface area contributed by atoms with Gasteiger partial charge in [-0.05, 0) is 37.6 Å². The van der Waals surface area contributed by atoms with Crippen LogP contribution >= 0.6 is 12.4 Å². The number of hydrogen-bond donors (Lipinski definition) is 2. The molecule has 0 aromatic rings. The molecule has 0 aromatic carbocycles. The second kappa shape index (κ2) is 8.35. The summed E-state index contributed by atoms with van der Waals surface area (Å²) in [6, 6.07) is 0. The van der Waals surface area contributed by atoms with E-state index in [1.165, 1.54) is 0 Å². The molecular weight excluding hydrogens is 288 g/mol. The van der Waals surface area contributed by atoms with Crippen molar-refractivity contribution in [2.24, 2.45) is 17.3 Å². The molecule has 3 atom stereocenters. The lowest BCUT2D eigenvalue weighted by molar-refractivity contribution is -0.127. The molecule has 2 heterocycles. The van der Waals surface area contributed by atoms with Gasteiger partial charge in [0, 0.05) is 25.6 Å². The van der Waals surface area contributed by atoms with Gasteiger partial charge in [-0.1, -0.05) is 20.8 Å². The van der Waals surface area contributed by atoms with Gasteiger partial charge in [0.15, 0.2) is 0 Å². The first-order valence-electron chi connectivity index (χ1n) is 8.08. The quantitative estimate of drug-likeness (QED) is 0.840. The maximum Gasteiger partial charge on any atom is 0.224 e. The summed E-state index contributed by atoms with van der Waals surface area (Å²) in [5.41, 5.74) is 0.141. The predicted octanol–water partition coefficient (Wildman–Crippen LogP) is 2.37. The first-order valence-corrected chi connectivity index (χ1v) is 8.08. The lowest BCUT2D eigenvalue weighted by Gasteiger charge is -2.40. The normalized spacial score (nSPS) is 30.3. The third-order valence-corrected chi connectivity index (χ3v) is 4.50. The lowest BCUT2D eigenvalue weighted by Crippen LogP contribution is -2.47. The average Bonchev–Trinajstić information content (AvgIpc) is 2.45. The highest BCUT2D eigenvalue weighted by molar-refractivity contribution is 5.85. The molecule has 1 amide bonds. The van der Waals surface area contributed by atoms with Gasteiger partial charge in [0.2, 0.25) is 5.91 Å². The second-order valence-electron chi connectivity index (χ2n) is 7.35. The largest absolute Gasteiger partial charge is 0.377 e. The van der Waals surface area contributed by atoms with Crippen molar-refractivity contribution in [3.8, 4) is 0 Å². The Labute approximate surface area is 135 Å². The first kappa shape index (κ1) is 18.7. The molecule has 2 rings (SSSR count). The van der Waals surface area contributed by atoms with E-state index in [9.17, 15) is 4.79 Å². The van der Waals surface area contributed by atoms with Crippen LogP contribution in [0.1, 0.15) is 46.5 Å². The molecule has 5 heteroatoms. The van der Waals surface area contributed by atoms with Gasteiger partial charge in [0.05, 0.1) is 12.0 Å². The van der Waals surface area contributed by atoms with E-state index in [0.29, 0.717) is 5.92 Å². The van der Waals surface area contributed by atoms with E-state index in [1.807, 2.05) is 0 Å². The third-order valence-electron chi connectivity index (χ3n) is 4.50. The summed E-state index contributed by atoms with van der Waals surface area (Å²) in [7, 11) is 0. The van der Waals surface area contributed by atoms with Gasteiger partial charge < -0.3 is 15.4 Å². The number of carbonyl (C=O) groups is 1. The van der Waals surface area contributed by atoms with Crippen molar-refractivity contribution in [1.82, 2.24) is 10.6 Å². The molecule has 0 aliphatic carbocycles. The van der Waals surface area contributed by atoms with E-state index < -0.39 is 0 Å². The van der Waals surface area contributed by atoms with E-state index in [1.54, 1.807) is 0 Å². The SMILES string of the molecule is CC(C)(C)C1OCCCC1CNC(=O)C1CCCNC1.Cl. The summed E-state index contributed by atoms with van der Waals surface area (Å²) in [6.07, 6.45) is 4.64. The van der Waals surface area contributed by atoms with Crippen molar-refractivity contribution >= 4 is 18.3 Å². The van der Waals surface area contributed by atoms with Crippen molar-refractivity contribution < 1.29 is 9.53 Å². The molecule has 0 aromatic heterocycles. The predicted molar refractivity (Wildman–Crippen MR) is 87.8 cm³/mol. The minimum absolute atomic E-state index is 0. The Morgan fingerprint density at radius 3 is 2.67 bits per heavy atom.